The molecule has 0 aromatic rings. The van der Waals surface area contributed by atoms with Gasteiger partial charge in [0, 0.05) is 10.3 Å². The molecule has 0 saturated heterocycles. The smallest absolute Gasteiger partial charge is 0.0701 e. The first kappa shape index (κ1) is 31.7. The predicted molar refractivity (Wildman–Crippen MR) is 127 cm³/mol. The van der Waals surface area contributed by atoms with Crippen LogP contribution in [0.4, 0.5) is 0 Å². The molecule has 0 amide bonds. The highest BCUT2D eigenvalue weighted by Gasteiger charge is 1.95. The van der Waals surface area contributed by atoms with Crippen LogP contribution < -0.4 is 0 Å². The average molecular weight is 587 g/mol. The molecule has 0 aromatic carbocycles. The summed E-state index contributed by atoms with van der Waals surface area (Å²) in [5.41, 5.74) is 0. The number of hydrogen-bond acceptors (Lipinski definition) is 9. The Labute approximate surface area is 205 Å². The Bertz CT molecular complexity index is 292. The van der Waals surface area contributed by atoms with Gasteiger partial charge >= 0.3 is 0 Å². The highest BCUT2D eigenvalue weighted by Crippen LogP contribution is 1.87. The minimum Gasteiger partial charge on any atom is -0.378 e. The maximum Gasteiger partial charge on any atom is 0.0701 e. The molecule has 11 heteroatoms. The highest BCUT2D eigenvalue weighted by atomic mass is 127. The van der Waals surface area contributed by atoms with Crippen LogP contribution in [0.2, 0.25) is 0 Å². The fourth-order valence-corrected chi connectivity index (χ4v) is 2.39. The lowest BCUT2D eigenvalue weighted by Gasteiger charge is -2.08. The second-order valence-corrected chi connectivity index (χ2v) is 7.35. The molecule has 0 heterocycles. The van der Waals surface area contributed by atoms with Crippen molar-refractivity contribution in [3.05, 3.63) is 0 Å². The van der Waals surface area contributed by atoms with Crippen LogP contribution in [-0.2, 0) is 42.6 Å². The zero-order valence-electron chi connectivity index (χ0n) is 18.6. The molecular weight excluding hydrogens is 547 g/mol. The molecule has 0 rings (SSSR count). The minimum atomic E-state index is 0.504. The van der Waals surface area contributed by atoms with Crippen LogP contribution in [0.3, 0.4) is 0 Å². The van der Waals surface area contributed by atoms with E-state index in [2.05, 4.69) is 22.6 Å². The monoisotopic (exact) mass is 586 g/mol. The van der Waals surface area contributed by atoms with E-state index in [1.165, 1.54) is 0 Å². The summed E-state index contributed by atoms with van der Waals surface area (Å²) in [6.45, 7) is 10.2. The van der Waals surface area contributed by atoms with Gasteiger partial charge in [-0.3, -0.25) is 0 Å². The van der Waals surface area contributed by atoms with Crippen molar-refractivity contribution in [3.63, 3.8) is 0 Å². The van der Waals surface area contributed by atoms with Crippen molar-refractivity contribution in [2.24, 2.45) is 0 Å². The van der Waals surface area contributed by atoms with Crippen LogP contribution in [0.25, 0.3) is 0 Å². The Kier molecular flexibility index (Phi) is 31.3. The van der Waals surface area contributed by atoms with Crippen LogP contribution >= 0.6 is 34.2 Å². The van der Waals surface area contributed by atoms with E-state index in [4.69, 9.17) is 54.2 Å². The Balaban J connectivity index is 2.98. The maximum absolute atomic E-state index is 5.49. The van der Waals surface area contributed by atoms with Crippen LogP contribution in [0, 0.1) is 0 Å². The van der Waals surface area contributed by atoms with Gasteiger partial charge in [0.1, 0.15) is 0 Å². The Morgan fingerprint density at radius 1 is 0.323 bits per heavy atom. The topological polar surface area (TPSA) is 83.1 Å². The van der Waals surface area contributed by atoms with E-state index in [1.807, 2.05) is 0 Å². The maximum atomic E-state index is 5.49. The van der Waals surface area contributed by atoms with Crippen LogP contribution in [0.15, 0.2) is 0 Å². The van der Waals surface area contributed by atoms with E-state index in [-0.39, 0.29) is 0 Å². The Morgan fingerprint density at radius 2 is 0.516 bits per heavy atom. The molecule has 0 aromatic heterocycles. The van der Waals surface area contributed by atoms with Crippen molar-refractivity contribution in [2.75, 3.05) is 129 Å². The fourth-order valence-electron chi connectivity index (χ4n) is 1.97. The number of ether oxygens (including phenoxy) is 9. The molecule has 0 unspecified atom stereocenters. The largest absolute Gasteiger partial charge is 0.378 e. The third-order valence-electron chi connectivity index (χ3n) is 3.42. The second kappa shape index (κ2) is 30.7. The molecule has 0 N–H and O–H groups in total. The molecule has 0 atom stereocenters. The molecule has 0 radical (unpaired) electrons. The highest BCUT2D eigenvalue weighted by molar-refractivity contribution is 14.1. The van der Waals surface area contributed by atoms with Gasteiger partial charge in [-0.05, 0) is 0 Å². The Hall–Kier alpha value is 0.660. The summed E-state index contributed by atoms with van der Waals surface area (Å²) in [5, 5.41) is 0. The molecule has 188 valence electrons. The van der Waals surface area contributed by atoms with Crippen molar-refractivity contribution >= 4 is 34.2 Å². The summed E-state index contributed by atoms with van der Waals surface area (Å²) in [6, 6.07) is 0. The van der Waals surface area contributed by atoms with Gasteiger partial charge in [0.05, 0.1) is 119 Å². The molecule has 0 aliphatic rings. The van der Waals surface area contributed by atoms with Crippen LogP contribution in [0.5, 0.6) is 0 Å². The van der Waals surface area contributed by atoms with Gasteiger partial charge in [-0.25, -0.2) is 0 Å². The lowest BCUT2D eigenvalue weighted by molar-refractivity contribution is -0.0245. The van der Waals surface area contributed by atoms with E-state index in [9.17, 15) is 0 Å². The van der Waals surface area contributed by atoms with Crippen molar-refractivity contribution in [3.8, 4) is 0 Å². The number of rotatable bonds is 28. The molecule has 9 nitrogen and oxygen atoms in total. The summed E-state index contributed by atoms with van der Waals surface area (Å²) in [5.74, 6) is 0.504. The lowest BCUT2D eigenvalue weighted by atomic mass is 10.6. The van der Waals surface area contributed by atoms with E-state index in [1.54, 1.807) is 0 Å². The van der Waals surface area contributed by atoms with Gasteiger partial charge < -0.3 is 42.6 Å². The lowest BCUT2D eigenvalue weighted by Crippen LogP contribution is -2.15. The summed E-state index contributed by atoms with van der Waals surface area (Å²) in [4.78, 5) is 0. The number of alkyl halides is 2. The third-order valence-corrected chi connectivity index (χ3v) is 4.01. The van der Waals surface area contributed by atoms with Crippen LogP contribution in [0.1, 0.15) is 0 Å². The summed E-state index contributed by atoms with van der Waals surface area (Å²) in [6.07, 6.45) is 0. The molecule has 0 bridgehead atoms. The Morgan fingerprint density at radius 3 is 0.710 bits per heavy atom. The van der Waals surface area contributed by atoms with E-state index >= 15 is 0 Å². The van der Waals surface area contributed by atoms with E-state index < -0.39 is 0 Å². The quantitative estimate of drug-likeness (QED) is 0.0775. The first-order valence-corrected chi connectivity index (χ1v) is 12.8. The van der Waals surface area contributed by atoms with Crippen molar-refractivity contribution in [1.82, 2.24) is 0 Å². The first-order chi connectivity index (χ1) is 15.4. The molecule has 0 spiro atoms. The normalized spacial score (nSPS) is 11.4. The number of halogens is 2. The van der Waals surface area contributed by atoms with Gasteiger partial charge in [0.2, 0.25) is 0 Å². The van der Waals surface area contributed by atoms with Crippen LogP contribution in [-0.4, -0.2) is 129 Å². The average Bonchev–Trinajstić information content (AvgIpc) is 2.78. The molecule has 0 aliphatic carbocycles. The first-order valence-electron chi connectivity index (χ1n) is 10.7. The molecule has 0 fully saturated rings. The van der Waals surface area contributed by atoms with Gasteiger partial charge in [0.25, 0.3) is 0 Å². The zero-order chi connectivity index (χ0) is 22.5. The fraction of sp³-hybridized carbons (Fsp3) is 1.00. The van der Waals surface area contributed by atoms with E-state index in [0.717, 1.165) is 11.0 Å². The summed E-state index contributed by atoms with van der Waals surface area (Å²) >= 11 is 7.77. The standard InChI is InChI=1S/C20H40ClIO9/c21-1-3-23-5-7-25-9-11-27-13-15-29-17-19-31-20-18-30-16-14-28-12-10-26-8-6-24-4-2-22/h1-20H2. The zero-order valence-corrected chi connectivity index (χ0v) is 21.5. The predicted octanol–water partition coefficient (Wildman–Crippen LogP) is 1.81. The van der Waals surface area contributed by atoms with E-state index in [0.29, 0.717) is 118 Å². The second-order valence-electron chi connectivity index (χ2n) is 5.89. The van der Waals surface area contributed by atoms with Gasteiger partial charge in [-0.15, -0.1) is 11.6 Å². The molecular formula is C20H40ClIO9. The van der Waals surface area contributed by atoms with Gasteiger partial charge in [-0.1, -0.05) is 22.6 Å². The summed E-state index contributed by atoms with van der Waals surface area (Å²) < 4.78 is 49.3. The number of hydrogen-bond donors (Lipinski definition) is 0. The molecule has 31 heavy (non-hydrogen) atoms. The minimum absolute atomic E-state index is 0.504. The van der Waals surface area contributed by atoms with Gasteiger partial charge in [-0.2, -0.15) is 0 Å². The molecule has 0 aliphatic heterocycles. The molecule has 0 saturated carbocycles. The summed E-state index contributed by atoms with van der Waals surface area (Å²) in [7, 11) is 0. The SMILES string of the molecule is ClCCOCCOCCOCCOCCOCCOCCOCCOCCOCCI. The van der Waals surface area contributed by atoms with Gasteiger partial charge in [0.15, 0.2) is 0 Å². The van der Waals surface area contributed by atoms with Crippen molar-refractivity contribution in [1.29, 1.82) is 0 Å². The van der Waals surface area contributed by atoms with Crippen molar-refractivity contribution in [2.45, 2.75) is 0 Å². The van der Waals surface area contributed by atoms with Crippen molar-refractivity contribution < 1.29 is 42.6 Å². The third kappa shape index (κ3) is 30.7.